The molecule has 0 radical (unpaired) electrons. The number of fused-ring (bicyclic) bond motifs is 1. The van der Waals surface area contributed by atoms with E-state index in [9.17, 15) is 4.79 Å². The van der Waals surface area contributed by atoms with E-state index in [1.54, 1.807) is 6.33 Å². The molecule has 2 fully saturated rings. The Balaban J connectivity index is 1.34. The number of anilines is 2. The van der Waals surface area contributed by atoms with Crippen molar-refractivity contribution in [1.82, 2.24) is 14.9 Å². The number of carbonyl (C=O) groups is 1. The van der Waals surface area contributed by atoms with Crippen LogP contribution in [0.1, 0.15) is 41.5 Å². The maximum atomic E-state index is 12.4. The molecule has 0 spiro atoms. The van der Waals surface area contributed by atoms with Crippen molar-refractivity contribution in [2.45, 2.75) is 58.3 Å². The Kier molecular flexibility index (Phi) is 4.85. The van der Waals surface area contributed by atoms with Crippen LogP contribution in [-0.4, -0.2) is 52.5 Å². The highest BCUT2D eigenvalue weighted by molar-refractivity contribution is 5.77. The minimum atomic E-state index is -0.0493. The minimum Gasteiger partial charge on any atom is -0.353 e. The Morgan fingerprint density at radius 1 is 0.967 bits per heavy atom. The van der Waals surface area contributed by atoms with Gasteiger partial charge in [0.1, 0.15) is 18.0 Å². The zero-order valence-electron chi connectivity index (χ0n) is 17.8. The number of rotatable bonds is 3. The molecule has 2 N–H and O–H groups in total. The molecule has 0 saturated carbocycles. The summed E-state index contributed by atoms with van der Waals surface area (Å²) >= 11 is 0. The van der Waals surface area contributed by atoms with Crippen molar-refractivity contribution in [3.63, 3.8) is 0 Å². The summed E-state index contributed by atoms with van der Waals surface area (Å²) in [6.07, 6.45) is 4.36. The summed E-state index contributed by atoms with van der Waals surface area (Å²) in [7, 11) is 0. The van der Waals surface area contributed by atoms with Crippen LogP contribution in [0.2, 0.25) is 0 Å². The largest absolute Gasteiger partial charge is 0.353 e. The van der Waals surface area contributed by atoms with Gasteiger partial charge in [0, 0.05) is 51.3 Å². The van der Waals surface area contributed by atoms with Crippen molar-refractivity contribution in [2.24, 2.45) is 5.73 Å². The highest BCUT2D eigenvalue weighted by atomic mass is 16.2. The fourth-order valence-corrected chi connectivity index (χ4v) is 5.16. The first-order valence-electron chi connectivity index (χ1n) is 11.0. The number of nitrogens with two attached hydrogens (primary N) is 1. The van der Waals surface area contributed by atoms with Gasteiger partial charge in [0.05, 0.1) is 6.04 Å². The molecule has 1 aromatic carbocycles. The number of piperidine rings is 1. The molecule has 0 bridgehead atoms. The van der Waals surface area contributed by atoms with Gasteiger partial charge in [-0.05, 0) is 48.9 Å². The number of carbonyl (C=O) groups excluding carboxylic acids is 1. The molecule has 1 aromatic heterocycles. The summed E-state index contributed by atoms with van der Waals surface area (Å²) in [6.45, 7) is 8.39. The van der Waals surface area contributed by atoms with E-state index >= 15 is 0 Å². The third kappa shape index (κ3) is 3.31. The van der Waals surface area contributed by atoms with Crippen LogP contribution in [0.4, 0.5) is 11.6 Å². The van der Waals surface area contributed by atoms with E-state index in [4.69, 9.17) is 5.73 Å². The molecule has 5 rings (SSSR count). The second-order valence-electron chi connectivity index (χ2n) is 8.93. The van der Waals surface area contributed by atoms with Gasteiger partial charge in [0.25, 0.3) is 0 Å². The Morgan fingerprint density at radius 2 is 1.63 bits per heavy atom. The van der Waals surface area contributed by atoms with Crippen molar-refractivity contribution in [3.8, 4) is 0 Å². The van der Waals surface area contributed by atoms with Crippen molar-refractivity contribution < 1.29 is 4.79 Å². The second kappa shape index (κ2) is 7.54. The molecule has 4 heterocycles. The predicted molar refractivity (Wildman–Crippen MR) is 117 cm³/mol. The number of likely N-dealkylation sites (tertiary alicyclic amines) is 1. The Bertz CT molecular complexity index is 945. The molecular formula is C23H30N6O. The summed E-state index contributed by atoms with van der Waals surface area (Å²) in [5.74, 6) is 2.08. The van der Waals surface area contributed by atoms with Crippen LogP contribution in [0.3, 0.4) is 0 Å². The monoisotopic (exact) mass is 406 g/mol. The number of nitrogens with zero attached hydrogens (tertiary/aromatic N) is 5. The lowest BCUT2D eigenvalue weighted by molar-refractivity contribution is -0.135. The van der Waals surface area contributed by atoms with Crippen LogP contribution in [0, 0.1) is 13.8 Å². The van der Waals surface area contributed by atoms with Gasteiger partial charge in [-0.1, -0.05) is 12.1 Å². The van der Waals surface area contributed by atoms with E-state index in [-0.39, 0.29) is 18.0 Å². The minimum absolute atomic E-state index is 0.0493. The average Bonchev–Trinajstić information content (AvgIpc) is 3.37. The molecule has 30 heavy (non-hydrogen) atoms. The van der Waals surface area contributed by atoms with Crippen LogP contribution in [0.25, 0.3) is 0 Å². The first-order valence-corrected chi connectivity index (χ1v) is 11.0. The summed E-state index contributed by atoms with van der Waals surface area (Å²) in [4.78, 5) is 28.0. The van der Waals surface area contributed by atoms with E-state index in [0.717, 1.165) is 50.7 Å². The van der Waals surface area contributed by atoms with Gasteiger partial charge >= 0.3 is 0 Å². The molecule has 158 valence electrons. The van der Waals surface area contributed by atoms with E-state index in [1.165, 1.54) is 22.3 Å². The zero-order chi connectivity index (χ0) is 20.8. The molecule has 2 aromatic rings. The first kappa shape index (κ1) is 19.3. The van der Waals surface area contributed by atoms with Gasteiger partial charge in [-0.2, -0.15) is 0 Å². The number of hydrogen-bond donors (Lipinski definition) is 1. The number of aromatic nitrogens is 2. The van der Waals surface area contributed by atoms with Gasteiger partial charge in [0.2, 0.25) is 5.91 Å². The molecule has 0 unspecified atom stereocenters. The summed E-state index contributed by atoms with van der Waals surface area (Å²) < 4.78 is 0. The van der Waals surface area contributed by atoms with E-state index in [2.05, 4.69) is 51.8 Å². The Labute approximate surface area is 177 Å². The van der Waals surface area contributed by atoms with Crippen LogP contribution < -0.4 is 15.5 Å². The van der Waals surface area contributed by atoms with Gasteiger partial charge < -0.3 is 20.4 Å². The lowest BCUT2D eigenvalue weighted by atomic mass is 10.0. The zero-order valence-corrected chi connectivity index (χ0v) is 17.8. The fraction of sp³-hybridized carbons (Fsp3) is 0.522. The molecule has 3 aliphatic heterocycles. The Morgan fingerprint density at radius 3 is 2.30 bits per heavy atom. The average molecular weight is 407 g/mol. The van der Waals surface area contributed by atoms with Crippen LogP contribution in [0.15, 0.2) is 24.5 Å². The molecule has 3 aliphatic rings. The smallest absolute Gasteiger partial charge is 0.222 e. The molecule has 0 aliphatic carbocycles. The SMILES string of the molecule is Cc1ccc(C)c2c1CN(c1cc(N3C[C@H](N)[C@@H](N4CCCCC4=O)C3)ncn1)C2. The molecule has 2 saturated heterocycles. The highest BCUT2D eigenvalue weighted by Gasteiger charge is 2.38. The highest BCUT2D eigenvalue weighted by Crippen LogP contribution is 2.33. The lowest BCUT2D eigenvalue weighted by Crippen LogP contribution is -2.51. The molecule has 2 atom stereocenters. The fourth-order valence-electron chi connectivity index (χ4n) is 5.16. The number of benzene rings is 1. The normalized spacial score (nSPS) is 24.0. The van der Waals surface area contributed by atoms with E-state index in [0.29, 0.717) is 13.0 Å². The lowest BCUT2D eigenvalue weighted by Gasteiger charge is -2.34. The van der Waals surface area contributed by atoms with Gasteiger partial charge in [-0.25, -0.2) is 9.97 Å². The van der Waals surface area contributed by atoms with Gasteiger partial charge in [0.15, 0.2) is 0 Å². The molecular weight excluding hydrogens is 376 g/mol. The first-order chi connectivity index (χ1) is 14.5. The summed E-state index contributed by atoms with van der Waals surface area (Å²) in [5, 5.41) is 0. The number of hydrogen-bond acceptors (Lipinski definition) is 6. The second-order valence-corrected chi connectivity index (χ2v) is 8.93. The van der Waals surface area contributed by atoms with E-state index < -0.39 is 0 Å². The van der Waals surface area contributed by atoms with Crippen molar-refractivity contribution in [2.75, 3.05) is 29.4 Å². The third-order valence-corrected chi connectivity index (χ3v) is 6.98. The van der Waals surface area contributed by atoms with Crippen molar-refractivity contribution in [3.05, 3.63) is 46.8 Å². The van der Waals surface area contributed by atoms with Crippen LogP contribution in [-0.2, 0) is 17.9 Å². The quantitative estimate of drug-likeness (QED) is 0.841. The van der Waals surface area contributed by atoms with Crippen molar-refractivity contribution >= 4 is 17.5 Å². The Hall–Kier alpha value is -2.67. The van der Waals surface area contributed by atoms with Crippen LogP contribution >= 0.6 is 0 Å². The molecule has 7 heteroatoms. The summed E-state index contributed by atoms with van der Waals surface area (Å²) in [6, 6.07) is 6.50. The maximum absolute atomic E-state index is 12.4. The van der Waals surface area contributed by atoms with Gasteiger partial charge in [-0.15, -0.1) is 0 Å². The standard InChI is InChI=1S/C23H30N6O/c1-15-6-7-16(2)18-11-27(10-17(15)18)21-9-22(26-14-25-21)28-12-19(24)20(13-28)29-8-4-3-5-23(29)30/h6-7,9,14,19-20H,3-5,8,10-13,24H2,1-2H3/t19-,20-/m0/s1. The third-order valence-electron chi connectivity index (χ3n) is 6.98. The molecule has 1 amide bonds. The number of aryl methyl sites for hydroxylation is 2. The topological polar surface area (TPSA) is 78.6 Å². The van der Waals surface area contributed by atoms with Crippen LogP contribution in [0.5, 0.6) is 0 Å². The maximum Gasteiger partial charge on any atom is 0.222 e. The van der Waals surface area contributed by atoms with Gasteiger partial charge in [-0.3, -0.25) is 4.79 Å². The van der Waals surface area contributed by atoms with Crippen molar-refractivity contribution in [1.29, 1.82) is 0 Å². The molecule has 7 nitrogen and oxygen atoms in total. The predicted octanol–water partition coefficient (Wildman–Crippen LogP) is 2.14. The van der Waals surface area contributed by atoms with E-state index in [1.807, 2.05) is 4.90 Å². The summed E-state index contributed by atoms with van der Waals surface area (Å²) in [5.41, 5.74) is 12.0. The number of amides is 1.